The number of benzene rings is 1. The van der Waals surface area contributed by atoms with E-state index in [1.807, 2.05) is 19.1 Å². The van der Waals surface area contributed by atoms with Crippen molar-refractivity contribution < 1.29 is 13.5 Å². The third kappa shape index (κ3) is 6.05. The number of rotatable bonds is 9. The standard InChI is InChI=1S/C30H41F2NO/c1-3-5-6-8-21-9-11-22(12-10-21)25-15-18-28(34-20-25)27-17-14-24(19-33-27)26-16-13-23(7-4-2)29(31)30(26)32/h13-14,16-17,19,21-22,25,28H,3-12,15,18,20H2,1-2H3. The summed E-state index contributed by atoms with van der Waals surface area (Å²) in [6.45, 7) is 5.06. The Hall–Kier alpha value is -1.81. The maximum atomic E-state index is 14.6. The number of pyridine rings is 1. The van der Waals surface area contributed by atoms with Crippen LogP contribution in [0.5, 0.6) is 0 Å². The van der Waals surface area contributed by atoms with Crippen LogP contribution in [0.15, 0.2) is 30.5 Å². The van der Waals surface area contributed by atoms with Crippen LogP contribution >= 0.6 is 0 Å². The third-order valence-corrected chi connectivity index (χ3v) is 8.19. The summed E-state index contributed by atoms with van der Waals surface area (Å²) in [5, 5.41) is 0. The molecular weight excluding hydrogens is 428 g/mol. The van der Waals surface area contributed by atoms with Crippen molar-refractivity contribution in [3.8, 4) is 11.1 Å². The van der Waals surface area contributed by atoms with Gasteiger partial charge in [0.25, 0.3) is 0 Å². The molecule has 2 atom stereocenters. The van der Waals surface area contributed by atoms with Gasteiger partial charge in [-0.15, -0.1) is 0 Å². The molecule has 2 aromatic rings. The Morgan fingerprint density at radius 3 is 2.29 bits per heavy atom. The van der Waals surface area contributed by atoms with Gasteiger partial charge in [-0.1, -0.05) is 77.0 Å². The van der Waals surface area contributed by atoms with Gasteiger partial charge in [-0.2, -0.15) is 0 Å². The van der Waals surface area contributed by atoms with Crippen LogP contribution < -0.4 is 0 Å². The molecule has 2 heterocycles. The van der Waals surface area contributed by atoms with E-state index in [1.165, 1.54) is 57.8 Å². The van der Waals surface area contributed by atoms with Crippen LogP contribution in [0.1, 0.15) is 102 Å². The van der Waals surface area contributed by atoms with E-state index < -0.39 is 11.6 Å². The van der Waals surface area contributed by atoms with Crippen LogP contribution in [0.2, 0.25) is 0 Å². The van der Waals surface area contributed by atoms with Gasteiger partial charge in [0.2, 0.25) is 0 Å². The van der Waals surface area contributed by atoms with Gasteiger partial charge in [-0.25, -0.2) is 8.78 Å². The molecule has 0 bridgehead atoms. The number of nitrogens with zero attached hydrogens (tertiary/aromatic N) is 1. The second-order valence-electron chi connectivity index (χ2n) is 10.6. The molecule has 1 aliphatic heterocycles. The SMILES string of the molecule is CCCCCC1CCC(C2CCC(c3ccc(-c4ccc(CCC)c(F)c4F)cn3)OC2)CC1. The Morgan fingerprint density at radius 1 is 0.853 bits per heavy atom. The Labute approximate surface area is 204 Å². The zero-order valence-electron chi connectivity index (χ0n) is 21.0. The van der Waals surface area contributed by atoms with Crippen molar-refractivity contribution in [2.24, 2.45) is 17.8 Å². The van der Waals surface area contributed by atoms with Crippen molar-refractivity contribution in [3.63, 3.8) is 0 Å². The van der Waals surface area contributed by atoms with Crippen LogP contribution in [0, 0.1) is 29.4 Å². The van der Waals surface area contributed by atoms with Crippen molar-refractivity contribution >= 4 is 0 Å². The number of aromatic nitrogens is 1. The lowest BCUT2D eigenvalue weighted by Crippen LogP contribution is -2.30. The molecule has 186 valence electrons. The van der Waals surface area contributed by atoms with E-state index in [-0.39, 0.29) is 11.7 Å². The molecule has 2 nitrogen and oxygen atoms in total. The summed E-state index contributed by atoms with van der Waals surface area (Å²) < 4.78 is 35.3. The predicted octanol–water partition coefficient (Wildman–Crippen LogP) is 8.83. The summed E-state index contributed by atoms with van der Waals surface area (Å²) in [7, 11) is 0. The lowest BCUT2D eigenvalue weighted by Gasteiger charge is -2.37. The average Bonchev–Trinajstić information content (AvgIpc) is 2.88. The van der Waals surface area contributed by atoms with Crippen molar-refractivity contribution in [2.75, 3.05) is 6.61 Å². The second-order valence-corrected chi connectivity index (χ2v) is 10.6. The molecule has 2 unspecified atom stereocenters. The predicted molar refractivity (Wildman–Crippen MR) is 135 cm³/mol. The normalized spacial score (nSPS) is 25.4. The number of aryl methyl sites for hydroxylation is 1. The van der Waals surface area contributed by atoms with Crippen LogP contribution in [-0.2, 0) is 11.2 Å². The molecule has 0 spiro atoms. The maximum absolute atomic E-state index is 14.6. The fourth-order valence-corrected chi connectivity index (χ4v) is 6.04. The molecule has 4 rings (SSSR count). The first-order valence-electron chi connectivity index (χ1n) is 13.6. The van der Waals surface area contributed by atoms with Crippen LogP contribution in [0.4, 0.5) is 8.78 Å². The van der Waals surface area contributed by atoms with Gasteiger partial charge in [-0.05, 0) is 61.5 Å². The van der Waals surface area contributed by atoms with Crippen molar-refractivity contribution in [3.05, 3.63) is 53.4 Å². The molecule has 1 aliphatic carbocycles. The van der Waals surface area contributed by atoms with Crippen LogP contribution in [0.3, 0.4) is 0 Å². The molecular formula is C30H41F2NO. The zero-order valence-corrected chi connectivity index (χ0v) is 21.0. The minimum Gasteiger partial charge on any atom is -0.372 e. The molecule has 1 aromatic heterocycles. The van der Waals surface area contributed by atoms with Gasteiger partial charge >= 0.3 is 0 Å². The summed E-state index contributed by atoms with van der Waals surface area (Å²) in [6.07, 6.45) is 16.2. The summed E-state index contributed by atoms with van der Waals surface area (Å²) in [4.78, 5) is 4.58. The number of hydrogen-bond acceptors (Lipinski definition) is 2. The second kappa shape index (κ2) is 12.2. The molecule has 34 heavy (non-hydrogen) atoms. The summed E-state index contributed by atoms with van der Waals surface area (Å²) in [6, 6.07) is 7.11. The third-order valence-electron chi connectivity index (χ3n) is 8.19. The highest BCUT2D eigenvalue weighted by Crippen LogP contribution is 2.41. The Balaban J connectivity index is 1.29. The molecule has 0 radical (unpaired) electrons. The van der Waals surface area contributed by atoms with Crippen LogP contribution in [-0.4, -0.2) is 11.6 Å². The van der Waals surface area contributed by atoms with Gasteiger partial charge in [0.05, 0.1) is 18.4 Å². The molecule has 4 heteroatoms. The number of ether oxygens (including phenoxy) is 1. The van der Waals surface area contributed by atoms with E-state index in [0.717, 1.165) is 37.0 Å². The maximum Gasteiger partial charge on any atom is 0.166 e. The summed E-state index contributed by atoms with van der Waals surface area (Å²) >= 11 is 0. The highest BCUT2D eigenvalue weighted by atomic mass is 19.2. The Bertz CT molecular complexity index is 897. The van der Waals surface area contributed by atoms with Crippen molar-refractivity contribution in [2.45, 2.75) is 97.0 Å². The smallest absolute Gasteiger partial charge is 0.166 e. The van der Waals surface area contributed by atoms with Crippen LogP contribution in [0.25, 0.3) is 11.1 Å². The summed E-state index contributed by atoms with van der Waals surface area (Å²) in [5.41, 5.74) is 2.20. The van der Waals surface area contributed by atoms with Crippen molar-refractivity contribution in [1.82, 2.24) is 4.98 Å². The average molecular weight is 470 g/mol. The molecule has 1 saturated carbocycles. The molecule has 1 saturated heterocycles. The van der Waals surface area contributed by atoms with Gasteiger partial charge in [0.1, 0.15) is 0 Å². The molecule has 1 aromatic carbocycles. The van der Waals surface area contributed by atoms with Gasteiger partial charge in [-0.3, -0.25) is 4.98 Å². The monoisotopic (exact) mass is 469 g/mol. The van der Waals surface area contributed by atoms with E-state index in [1.54, 1.807) is 18.3 Å². The quantitative estimate of drug-likeness (QED) is 0.342. The van der Waals surface area contributed by atoms with E-state index in [0.29, 0.717) is 23.5 Å². The fourth-order valence-electron chi connectivity index (χ4n) is 6.04. The van der Waals surface area contributed by atoms with E-state index in [4.69, 9.17) is 4.74 Å². The lowest BCUT2D eigenvalue weighted by atomic mass is 9.72. The van der Waals surface area contributed by atoms with Gasteiger partial charge in [0, 0.05) is 17.3 Å². The minimum atomic E-state index is -0.780. The summed E-state index contributed by atoms with van der Waals surface area (Å²) in [5.74, 6) is 0.916. The van der Waals surface area contributed by atoms with Gasteiger partial charge < -0.3 is 4.74 Å². The first kappa shape index (κ1) is 25.3. The Morgan fingerprint density at radius 2 is 1.65 bits per heavy atom. The number of hydrogen-bond donors (Lipinski definition) is 0. The minimum absolute atomic E-state index is 0.00389. The highest BCUT2D eigenvalue weighted by molar-refractivity contribution is 5.64. The van der Waals surface area contributed by atoms with E-state index in [9.17, 15) is 8.78 Å². The molecule has 2 fully saturated rings. The molecule has 0 amide bonds. The van der Waals surface area contributed by atoms with Crippen molar-refractivity contribution in [1.29, 1.82) is 0 Å². The first-order chi connectivity index (χ1) is 16.6. The lowest BCUT2D eigenvalue weighted by molar-refractivity contribution is -0.0423. The Kier molecular flexibility index (Phi) is 9.10. The first-order valence-corrected chi connectivity index (χ1v) is 13.6. The molecule has 0 N–H and O–H groups in total. The largest absolute Gasteiger partial charge is 0.372 e. The number of unbranched alkanes of at least 4 members (excludes halogenated alkanes) is 2. The highest BCUT2D eigenvalue weighted by Gasteiger charge is 2.32. The van der Waals surface area contributed by atoms with E-state index >= 15 is 0 Å². The fraction of sp³-hybridized carbons (Fsp3) is 0.633. The molecule has 2 aliphatic rings. The van der Waals surface area contributed by atoms with Gasteiger partial charge in [0.15, 0.2) is 11.6 Å². The number of halogens is 2. The van der Waals surface area contributed by atoms with E-state index in [2.05, 4.69) is 11.9 Å². The zero-order chi connectivity index (χ0) is 23.9. The topological polar surface area (TPSA) is 22.1 Å².